The van der Waals surface area contributed by atoms with Crippen LogP contribution in [-0.2, 0) is 6.54 Å². The Bertz CT molecular complexity index is 649. The van der Waals surface area contributed by atoms with Gasteiger partial charge in [-0.3, -0.25) is 4.79 Å². The monoisotopic (exact) mass is 327 g/mol. The SMILES string of the molecule is NC(=O)c1ccc[n+](CCCCCCN2C=CC(=CN=O)C=C2)c1. The second kappa shape index (κ2) is 9.39. The number of carbonyl (C=O) groups excluding carboxylic acids is 1. The highest BCUT2D eigenvalue weighted by atomic mass is 16.2. The lowest BCUT2D eigenvalue weighted by atomic mass is 10.1. The minimum Gasteiger partial charge on any atom is -0.365 e. The average Bonchev–Trinajstić information content (AvgIpc) is 2.60. The molecule has 0 unspecified atom stereocenters. The molecule has 1 aliphatic heterocycles. The van der Waals surface area contributed by atoms with Gasteiger partial charge in [0.05, 0.1) is 6.20 Å². The van der Waals surface area contributed by atoms with Crippen molar-refractivity contribution in [1.29, 1.82) is 0 Å². The molecule has 1 aliphatic rings. The maximum atomic E-state index is 11.1. The fraction of sp³-hybridized carbons (Fsp3) is 0.333. The van der Waals surface area contributed by atoms with Crippen molar-refractivity contribution in [3.8, 4) is 0 Å². The number of aryl methyl sites for hydroxylation is 1. The van der Waals surface area contributed by atoms with Crippen LogP contribution in [0.25, 0.3) is 0 Å². The largest absolute Gasteiger partial charge is 0.365 e. The number of unbranched alkanes of at least 4 members (excludes halogenated alkanes) is 3. The van der Waals surface area contributed by atoms with Crippen molar-refractivity contribution in [2.75, 3.05) is 6.54 Å². The zero-order valence-electron chi connectivity index (χ0n) is 13.7. The van der Waals surface area contributed by atoms with Gasteiger partial charge in [0.15, 0.2) is 12.4 Å². The van der Waals surface area contributed by atoms with E-state index in [0.29, 0.717) is 5.56 Å². The molecule has 0 saturated heterocycles. The molecule has 2 rings (SSSR count). The smallest absolute Gasteiger partial charge is 0.254 e. The lowest BCUT2D eigenvalue weighted by Crippen LogP contribution is -2.34. The molecule has 0 bridgehead atoms. The molecule has 2 heterocycles. The maximum Gasteiger partial charge on any atom is 0.254 e. The Hall–Kier alpha value is -2.76. The summed E-state index contributed by atoms with van der Waals surface area (Å²) in [5.74, 6) is -0.395. The van der Waals surface area contributed by atoms with E-state index < -0.39 is 5.91 Å². The van der Waals surface area contributed by atoms with Gasteiger partial charge in [-0.25, -0.2) is 4.57 Å². The molecule has 6 heteroatoms. The Kier molecular flexibility index (Phi) is 6.89. The van der Waals surface area contributed by atoms with Crippen LogP contribution in [0.15, 0.2) is 66.0 Å². The van der Waals surface area contributed by atoms with Gasteiger partial charge in [0.25, 0.3) is 5.91 Å². The zero-order valence-corrected chi connectivity index (χ0v) is 13.7. The van der Waals surface area contributed by atoms with Gasteiger partial charge in [-0.05, 0) is 41.8 Å². The number of allylic oxidation sites excluding steroid dienone is 3. The number of rotatable bonds is 9. The number of hydrogen-bond donors (Lipinski definition) is 1. The van der Waals surface area contributed by atoms with Crippen molar-refractivity contribution in [3.63, 3.8) is 0 Å². The number of pyridine rings is 1. The molecule has 1 aromatic heterocycles. The van der Waals surface area contributed by atoms with Crippen LogP contribution in [0.2, 0.25) is 0 Å². The fourth-order valence-electron chi connectivity index (χ4n) is 2.51. The third-order valence-corrected chi connectivity index (χ3v) is 3.84. The highest BCUT2D eigenvalue weighted by molar-refractivity contribution is 5.92. The van der Waals surface area contributed by atoms with Gasteiger partial charge in [-0.1, -0.05) is 6.42 Å². The summed E-state index contributed by atoms with van der Waals surface area (Å²) in [6.45, 7) is 1.84. The van der Waals surface area contributed by atoms with Crippen molar-refractivity contribution >= 4 is 5.91 Å². The molecule has 0 aliphatic carbocycles. The third kappa shape index (κ3) is 5.79. The van der Waals surface area contributed by atoms with E-state index in [-0.39, 0.29) is 0 Å². The molecule has 0 radical (unpaired) electrons. The highest BCUT2D eigenvalue weighted by Gasteiger charge is 2.07. The van der Waals surface area contributed by atoms with Crippen LogP contribution in [0.1, 0.15) is 36.0 Å². The van der Waals surface area contributed by atoms with Gasteiger partial charge in [-0.15, -0.1) is 4.91 Å². The summed E-state index contributed by atoms with van der Waals surface area (Å²) in [7, 11) is 0. The minimum absolute atomic E-state index is 0.395. The van der Waals surface area contributed by atoms with Crippen LogP contribution in [0.4, 0.5) is 0 Å². The van der Waals surface area contributed by atoms with Crippen molar-refractivity contribution in [2.45, 2.75) is 32.2 Å². The first kappa shape index (κ1) is 17.6. The van der Waals surface area contributed by atoms with Gasteiger partial charge >= 0.3 is 0 Å². The topological polar surface area (TPSA) is 79.6 Å². The molecule has 0 aromatic carbocycles. The van der Waals surface area contributed by atoms with Crippen LogP contribution in [0.3, 0.4) is 0 Å². The summed E-state index contributed by atoms with van der Waals surface area (Å²) in [5, 5.41) is 2.76. The van der Waals surface area contributed by atoms with Gasteiger partial charge < -0.3 is 10.6 Å². The van der Waals surface area contributed by atoms with E-state index in [0.717, 1.165) is 44.3 Å². The molecule has 126 valence electrons. The summed E-state index contributed by atoms with van der Waals surface area (Å²) < 4.78 is 2.01. The van der Waals surface area contributed by atoms with Gasteiger partial charge in [-0.2, -0.15) is 0 Å². The second-order valence-electron chi connectivity index (χ2n) is 5.71. The predicted molar refractivity (Wildman–Crippen MR) is 92.5 cm³/mol. The Morgan fingerprint density at radius 2 is 1.96 bits per heavy atom. The van der Waals surface area contributed by atoms with E-state index in [1.165, 1.54) is 6.20 Å². The number of hydrogen-bond acceptors (Lipinski definition) is 4. The van der Waals surface area contributed by atoms with Crippen molar-refractivity contribution in [1.82, 2.24) is 4.90 Å². The Balaban J connectivity index is 1.61. The lowest BCUT2D eigenvalue weighted by molar-refractivity contribution is -0.697. The summed E-state index contributed by atoms with van der Waals surface area (Å²) in [6, 6.07) is 3.57. The van der Waals surface area contributed by atoms with Crippen LogP contribution in [0.5, 0.6) is 0 Å². The fourth-order valence-corrected chi connectivity index (χ4v) is 2.51. The number of nitroso groups, excluding NO2 is 1. The first-order valence-corrected chi connectivity index (χ1v) is 8.13. The van der Waals surface area contributed by atoms with Crippen LogP contribution in [0, 0.1) is 4.91 Å². The predicted octanol–water partition coefficient (Wildman–Crippen LogP) is 2.63. The van der Waals surface area contributed by atoms with E-state index in [1.807, 2.05) is 41.4 Å². The number of aromatic nitrogens is 1. The van der Waals surface area contributed by atoms with E-state index in [4.69, 9.17) is 5.73 Å². The van der Waals surface area contributed by atoms with Gasteiger partial charge in [0.2, 0.25) is 0 Å². The zero-order chi connectivity index (χ0) is 17.2. The standard InChI is InChI=1S/C18H22N4O2/c19-18(23)17-6-5-11-22(15-17)10-4-2-1-3-9-21-12-7-16(8-13-21)14-20-24/h5-8,11-15H,1-4,9-10H2,(H-,19,23)/p+1. The molecule has 2 N–H and O–H groups in total. The Labute approximate surface area is 141 Å². The lowest BCUT2D eigenvalue weighted by Gasteiger charge is -2.18. The second-order valence-corrected chi connectivity index (χ2v) is 5.71. The number of amides is 1. The first-order valence-electron chi connectivity index (χ1n) is 8.13. The number of nitrogens with two attached hydrogens (primary N) is 1. The van der Waals surface area contributed by atoms with Crippen LogP contribution < -0.4 is 10.3 Å². The molecule has 0 atom stereocenters. The van der Waals surface area contributed by atoms with E-state index in [9.17, 15) is 9.70 Å². The van der Waals surface area contributed by atoms with Crippen molar-refractivity contribution in [2.24, 2.45) is 10.9 Å². The molecule has 1 amide bonds. The summed E-state index contributed by atoms with van der Waals surface area (Å²) in [6.07, 6.45) is 17.2. The Morgan fingerprint density at radius 3 is 2.67 bits per heavy atom. The summed E-state index contributed by atoms with van der Waals surface area (Å²) in [4.78, 5) is 23.4. The number of carbonyl (C=O) groups is 1. The molecular formula is C18H23N4O2+. The van der Waals surface area contributed by atoms with Crippen LogP contribution in [-0.4, -0.2) is 17.4 Å². The quantitative estimate of drug-likeness (QED) is 0.430. The highest BCUT2D eigenvalue weighted by Crippen LogP contribution is 2.11. The molecule has 0 saturated carbocycles. The molecule has 1 aromatic rings. The van der Waals surface area contributed by atoms with Gasteiger partial charge in [0.1, 0.15) is 12.1 Å². The van der Waals surface area contributed by atoms with Gasteiger partial charge in [0, 0.05) is 31.4 Å². The Morgan fingerprint density at radius 1 is 1.21 bits per heavy atom. The minimum atomic E-state index is -0.395. The molecule has 0 fully saturated rings. The third-order valence-electron chi connectivity index (χ3n) is 3.84. The van der Waals surface area contributed by atoms with E-state index in [2.05, 4.69) is 10.1 Å². The average molecular weight is 327 g/mol. The van der Waals surface area contributed by atoms with Crippen molar-refractivity contribution < 1.29 is 9.36 Å². The molecular weight excluding hydrogens is 304 g/mol. The summed E-state index contributed by atoms with van der Waals surface area (Å²) >= 11 is 0. The summed E-state index contributed by atoms with van der Waals surface area (Å²) in [5.41, 5.74) is 6.64. The van der Waals surface area contributed by atoms with Crippen LogP contribution >= 0.6 is 0 Å². The van der Waals surface area contributed by atoms with E-state index in [1.54, 1.807) is 12.3 Å². The molecule has 24 heavy (non-hydrogen) atoms. The molecule has 0 spiro atoms. The van der Waals surface area contributed by atoms with Crippen molar-refractivity contribution in [3.05, 3.63) is 71.3 Å². The normalized spacial score (nSPS) is 13.2. The maximum absolute atomic E-state index is 11.1. The first-order chi connectivity index (χ1) is 11.7. The molecule has 6 nitrogen and oxygen atoms in total. The number of primary amides is 1. The van der Waals surface area contributed by atoms with E-state index >= 15 is 0 Å². The number of nitrogens with zero attached hydrogens (tertiary/aromatic N) is 3.